The Bertz CT molecular complexity index is 525. The molecule has 0 atom stereocenters. The third kappa shape index (κ3) is 4.71. The maximum absolute atomic E-state index is 11.5. The van der Waals surface area contributed by atoms with Gasteiger partial charge in [0.2, 0.25) is 0 Å². The lowest BCUT2D eigenvalue weighted by Gasteiger charge is -2.06. The van der Waals surface area contributed by atoms with Crippen LogP contribution in [0, 0.1) is 6.92 Å². The summed E-state index contributed by atoms with van der Waals surface area (Å²) >= 11 is 1.65. The average Bonchev–Trinajstić information content (AvgIpc) is 2.83. The van der Waals surface area contributed by atoms with E-state index in [2.05, 4.69) is 10.3 Å². The third-order valence-electron chi connectivity index (χ3n) is 2.52. The molecule has 1 heterocycles. The lowest BCUT2D eigenvalue weighted by Crippen LogP contribution is -2.26. The van der Waals surface area contributed by atoms with Crippen molar-refractivity contribution >= 4 is 17.4 Å². The Labute approximate surface area is 116 Å². The first kappa shape index (κ1) is 13.5. The van der Waals surface area contributed by atoms with Crippen molar-refractivity contribution in [3.8, 4) is 0 Å². The molecule has 0 bridgehead atoms. The Morgan fingerprint density at radius 3 is 2.84 bits per heavy atom. The number of rotatable bonds is 5. The molecule has 0 aliphatic carbocycles. The monoisotopic (exact) mass is 276 g/mol. The summed E-state index contributed by atoms with van der Waals surface area (Å²) in [6.07, 6.45) is 2.24. The number of amides is 1. The zero-order chi connectivity index (χ0) is 13.5. The number of alkyl carbamates (subject to hydrolysis) is 1. The molecule has 1 N–H and O–H groups in total. The molecule has 1 aromatic carbocycles. The number of hydrogen-bond donors (Lipinski definition) is 1. The van der Waals surface area contributed by atoms with E-state index in [9.17, 15) is 4.79 Å². The smallest absolute Gasteiger partial charge is 0.407 e. The number of nitrogens with one attached hydrogen (secondary N) is 1. The van der Waals surface area contributed by atoms with E-state index in [4.69, 9.17) is 4.74 Å². The van der Waals surface area contributed by atoms with E-state index in [1.165, 1.54) is 4.88 Å². The molecule has 0 fully saturated rings. The first-order chi connectivity index (χ1) is 9.24. The van der Waals surface area contributed by atoms with E-state index in [1.54, 1.807) is 11.3 Å². The minimum atomic E-state index is -0.384. The van der Waals surface area contributed by atoms with Gasteiger partial charge in [-0.25, -0.2) is 9.78 Å². The largest absolute Gasteiger partial charge is 0.445 e. The Kier molecular flexibility index (Phi) is 4.92. The number of aromatic nitrogens is 1. The van der Waals surface area contributed by atoms with Crippen molar-refractivity contribution in [3.05, 3.63) is 52.0 Å². The second-order valence-electron chi connectivity index (χ2n) is 4.08. The van der Waals surface area contributed by atoms with Gasteiger partial charge in [-0.2, -0.15) is 0 Å². The number of thiazole rings is 1. The summed E-state index contributed by atoms with van der Waals surface area (Å²) in [5, 5.41) is 3.77. The topological polar surface area (TPSA) is 51.2 Å². The number of carbonyl (C=O) groups is 1. The van der Waals surface area contributed by atoms with Gasteiger partial charge in [0, 0.05) is 24.0 Å². The Morgan fingerprint density at radius 2 is 2.16 bits per heavy atom. The van der Waals surface area contributed by atoms with Crippen LogP contribution in [0.15, 0.2) is 36.5 Å². The summed E-state index contributed by atoms with van der Waals surface area (Å²) in [5.74, 6) is 0. The number of ether oxygens (including phenoxy) is 1. The van der Waals surface area contributed by atoms with Gasteiger partial charge in [-0.1, -0.05) is 30.3 Å². The molecular formula is C14H16N2O2S. The molecule has 4 nitrogen and oxygen atoms in total. The molecule has 1 amide bonds. The number of hydrogen-bond acceptors (Lipinski definition) is 4. The first-order valence-corrected chi connectivity index (χ1v) is 6.91. The number of aryl methyl sites for hydroxylation is 1. The molecule has 0 spiro atoms. The third-order valence-corrected chi connectivity index (χ3v) is 3.50. The van der Waals surface area contributed by atoms with E-state index in [0.717, 1.165) is 17.0 Å². The van der Waals surface area contributed by atoms with Gasteiger partial charge in [-0.15, -0.1) is 11.3 Å². The molecule has 0 saturated heterocycles. The molecule has 1 aromatic heterocycles. The van der Waals surface area contributed by atoms with Gasteiger partial charge in [-0.05, 0) is 12.5 Å². The van der Waals surface area contributed by atoms with Gasteiger partial charge in [0.25, 0.3) is 0 Å². The molecule has 100 valence electrons. The molecule has 0 saturated carbocycles. The molecule has 2 rings (SSSR count). The maximum Gasteiger partial charge on any atom is 0.407 e. The molecule has 2 aromatic rings. The Hall–Kier alpha value is -1.88. The van der Waals surface area contributed by atoms with Gasteiger partial charge in [0.1, 0.15) is 6.61 Å². The second kappa shape index (κ2) is 6.89. The fraction of sp³-hybridized carbons (Fsp3) is 0.286. The van der Waals surface area contributed by atoms with Gasteiger partial charge in [-0.3, -0.25) is 0 Å². The lowest BCUT2D eigenvalue weighted by molar-refractivity contribution is 0.140. The van der Waals surface area contributed by atoms with Crippen molar-refractivity contribution in [1.82, 2.24) is 10.3 Å². The normalized spacial score (nSPS) is 10.2. The van der Waals surface area contributed by atoms with Crippen molar-refractivity contribution in [2.75, 3.05) is 6.54 Å². The minimum absolute atomic E-state index is 0.298. The van der Waals surface area contributed by atoms with Crippen molar-refractivity contribution in [3.63, 3.8) is 0 Å². The average molecular weight is 276 g/mol. The van der Waals surface area contributed by atoms with Crippen LogP contribution in [0.5, 0.6) is 0 Å². The minimum Gasteiger partial charge on any atom is -0.445 e. The number of carbonyl (C=O) groups excluding carboxylic acids is 1. The highest BCUT2D eigenvalue weighted by atomic mass is 32.1. The van der Waals surface area contributed by atoms with Crippen LogP contribution in [-0.4, -0.2) is 17.6 Å². The summed E-state index contributed by atoms with van der Waals surface area (Å²) in [7, 11) is 0. The van der Waals surface area contributed by atoms with Gasteiger partial charge in [0.05, 0.1) is 5.01 Å². The van der Waals surface area contributed by atoms with E-state index < -0.39 is 0 Å². The van der Waals surface area contributed by atoms with E-state index in [0.29, 0.717) is 13.2 Å². The molecule has 0 aliphatic heterocycles. The second-order valence-corrected chi connectivity index (χ2v) is 5.40. The standard InChI is InChI=1S/C14H16N2O2S/c1-11-16-9-13(19-11)7-8-15-14(17)18-10-12-5-3-2-4-6-12/h2-6,9H,7-8,10H2,1H3,(H,15,17). The molecule has 0 radical (unpaired) electrons. The van der Waals surface area contributed by atoms with Crippen LogP contribution < -0.4 is 5.32 Å². The SMILES string of the molecule is Cc1ncc(CCNC(=O)OCc2ccccc2)s1. The van der Waals surface area contributed by atoms with E-state index >= 15 is 0 Å². The van der Waals surface area contributed by atoms with Gasteiger partial charge >= 0.3 is 6.09 Å². The summed E-state index contributed by atoms with van der Waals surface area (Å²) in [6, 6.07) is 9.62. The summed E-state index contributed by atoms with van der Waals surface area (Å²) in [5.41, 5.74) is 0.982. The zero-order valence-electron chi connectivity index (χ0n) is 10.8. The zero-order valence-corrected chi connectivity index (χ0v) is 11.6. The van der Waals surface area contributed by atoms with Crippen LogP contribution in [0.3, 0.4) is 0 Å². The first-order valence-electron chi connectivity index (χ1n) is 6.10. The highest BCUT2D eigenvalue weighted by molar-refractivity contribution is 7.11. The summed E-state index contributed by atoms with van der Waals surface area (Å²) in [4.78, 5) is 16.8. The fourth-order valence-corrected chi connectivity index (χ4v) is 2.38. The molecule has 19 heavy (non-hydrogen) atoms. The molecular weight excluding hydrogens is 260 g/mol. The number of benzene rings is 1. The van der Waals surface area contributed by atoms with Crippen molar-refractivity contribution in [2.45, 2.75) is 20.0 Å². The van der Waals surface area contributed by atoms with Crippen LogP contribution in [-0.2, 0) is 17.8 Å². The highest BCUT2D eigenvalue weighted by Crippen LogP contribution is 2.11. The van der Waals surface area contributed by atoms with Gasteiger partial charge < -0.3 is 10.1 Å². The summed E-state index contributed by atoms with van der Waals surface area (Å²) < 4.78 is 5.11. The van der Waals surface area contributed by atoms with Crippen LogP contribution in [0.1, 0.15) is 15.4 Å². The van der Waals surface area contributed by atoms with Crippen LogP contribution in [0.25, 0.3) is 0 Å². The van der Waals surface area contributed by atoms with E-state index in [1.807, 2.05) is 43.5 Å². The van der Waals surface area contributed by atoms with Crippen LogP contribution >= 0.6 is 11.3 Å². The van der Waals surface area contributed by atoms with Crippen molar-refractivity contribution in [2.24, 2.45) is 0 Å². The van der Waals surface area contributed by atoms with Crippen molar-refractivity contribution in [1.29, 1.82) is 0 Å². The van der Waals surface area contributed by atoms with Gasteiger partial charge in [0.15, 0.2) is 0 Å². The predicted molar refractivity (Wildman–Crippen MR) is 75.2 cm³/mol. The quantitative estimate of drug-likeness (QED) is 0.913. The van der Waals surface area contributed by atoms with E-state index in [-0.39, 0.29) is 6.09 Å². The molecule has 5 heteroatoms. The molecule has 0 unspecified atom stereocenters. The lowest BCUT2D eigenvalue weighted by atomic mass is 10.2. The van der Waals surface area contributed by atoms with Crippen LogP contribution in [0.2, 0.25) is 0 Å². The maximum atomic E-state index is 11.5. The Balaban J connectivity index is 1.65. The summed E-state index contributed by atoms with van der Waals surface area (Å²) in [6.45, 7) is 2.83. The van der Waals surface area contributed by atoms with Crippen molar-refractivity contribution < 1.29 is 9.53 Å². The fourth-order valence-electron chi connectivity index (χ4n) is 1.58. The highest BCUT2D eigenvalue weighted by Gasteiger charge is 2.03. The predicted octanol–water partition coefficient (Wildman–Crippen LogP) is 2.92. The Morgan fingerprint density at radius 1 is 1.37 bits per heavy atom. The van der Waals surface area contributed by atoms with Crippen LogP contribution in [0.4, 0.5) is 4.79 Å². The number of nitrogens with zero attached hydrogens (tertiary/aromatic N) is 1. The molecule has 0 aliphatic rings.